The lowest BCUT2D eigenvalue weighted by molar-refractivity contribution is 1.10. The highest BCUT2D eigenvalue weighted by atomic mass is 15.1. The first-order valence-electron chi connectivity index (χ1n) is 18.2. The van der Waals surface area contributed by atoms with Gasteiger partial charge in [0.2, 0.25) is 0 Å². The summed E-state index contributed by atoms with van der Waals surface area (Å²) < 4.78 is 44.5. The number of nitrogens with zero attached hydrogens (tertiary/aromatic N) is 2. The Bertz CT molecular complexity index is 2770. The molecule has 0 aliphatic rings. The van der Waals surface area contributed by atoms with Gasteiger partial charge in [-0.1, -0.05) is 158 Å². The van der Waals surface area contributed by atoms with E-state index < -0.39 is 18.1 Å². The molecule has 0 aliphatic heterocycles. The molecule has 0 aliphatic carbocycles. The van der Waals surface area contributed by atoms with Crippen molar-refractivity contribution in [2.45, 2.75) is 0 Å². The van der Waals surface area contributed by atoms with Gasteiger partial charge in [-0.2, -0.15) is 0 Å². The molecule has 220 valence electrons. The minimum absolute atomic E-state index is 0.0601. The molecule has 0 amide bonds. The first-order chi connectivity index (χ1) is 25.4. The molecule has 47 heavy (non-hydrogen) atoms. The maximum atomic E-state index is 8.80. The summed E-state index contributed by atoms with van der Waals surface area (Å²) in [6.45, 7) is 0. The number of hydrogen-bond acceptors (Lipinski definition) is 1. The van der Waals surface area contributed by atoms with Crippen LogP contribution >= 0.6 is 0 Å². The number of rotatable bonds is 5. The maximum absolute atomic E-state index is 8.80. The van der Waals surface area contributed by atoms with E-state index in [-0.39, 0.29) is 23.5 Å². The molecular formula is C45H30N2. The molecule has 0 saturated carbocycles. The molecule has 1 aromatic heterocycles. The molecule has 0 fully saturated rings. The third-order valence-electron chi connectivity index (χ3n) is 8.89. The SMILES string of the molecule is [2H]c1c([2H])c([2H])c(-c2nc3ccccc3n2-c2cccc(-c3c4ccccc4c(-c4ccccc4-c4ccccc4)c4ccccc34)c2)c([2H])c1[2H]. The molecule has 0 N–H and O–H groups in total. The van der Waals surface area contributed by atoms with Gasteiger partial charge in [-0.05, 0) is 79.2 Å². The summed E-state index contributed by atoms with van der Waals surface area (Å²) in [6, 6.07) is 50.2. The Morgan fingerprint density at radius 3 is 1.74 bits per heavy atom. The summed E-state index contributed by atoms with van der Waals surface area (Å²) >= 11 is 0. The third kappa shape index (κ3) is 4.54. The predicted molar refractivity (Wildman–Crippen MR) is 198 cm³/mol. The fourth-order valence-electron chi connectivity index (χ4n) is 6.92. The molecule has 0 unspecified atom stereocenters. The summed E-state index contributed by atoms with van der Waals surface area (Å²) in [7, 11) is 0. The second-order valence-corrected chi connectivity index (χ2v) is 11.6. The number of aromatic nitrogens is 2. The van der Waals surface area contributed by atoms with E-state index >= 15 is 0 Å². The van der Waals surface area contributed by atoms with E-state index in [4.69, 9.17) is 11.8 Å². The fourth-order valence-corrected chi connectivity index (χ4v) is 6.92. The summed E-state index contributed by atoms with van der Waals surface area (Å²) in [5.41, 5.74) is 8.98. The van der Waals surface area contributed by atoms with E-state index in [1.165, 1.54) is 11.1 Å². The standard InChI is InChI=1S/C45H30N2/c1-3-16-31(17-4-1)35-22-7-8-23-36(35)44-39-26-11-9-24-37(39)43(38-25-10-12-27-40(38)44)33-20-15-21-34(30-33)47-42-29-14-13-28-41(42)46-45(47)32-18-5-2-6-19-32/h1-30H/i2D,5D,6D,18D,19D. The van der Waals surface area contributed by atoms with Crippen molar-refractivity contribution in [3.05, 3.63) is 182 Å². The Morgan fingerprint density at radius 2 is 1.02 bits per heavy atom. The second kappa shape index (κ2) is 11.3. The summed E-state index contributed by atoms with van der Waals surface area (Å²) in [6.07, 6.45) is 0. The van der Waals surface area contributed by atoms with E-state index in [9.17, 15) is 0 Å². The topological polar surface area (TPSA) is 17.8 Å². The summed E-state index contributed by atoms with van der Waals surface area (Å²) in [5, 5.41) is 4.49. The highest BCUT2D eigenvalue weighted by Gasteiger charge is 2.20. The van der Waals surface area contributed by atoms with Gasteiger partial charge in [0.25, 0.3) is 0 Å². The quantitative estimate of drug-likeness (QED) is 0.179. The van der Waals surface area contributed by atoms with Gasteiger partial charge in [0.05, 0.1) is 17.9 Å². The maximum Gasteiger partial charge on any atom is 0.145 e. The van der Waals surface area contributed by atoms with Crippen molar-refractivity contribution in [1.29, 1.82) is 0 Å². The van der Waals surface area contributed by atoms with Crippen LogP contribution in [0.25, 0.3) is 83.0 Å². The number of imidazole rings is 1. The molecule has 8 aromatic carbocycles. The van der Waals surface area contributed by atoms with Crippen LogP contribution in [-0.4, -0.2) is 9.55 Å². The lowest BCUT2D eigenvalue weighted by Gasteiger charge is -2.20. The van der Waals surface area contributed by atoms with Gasteiger partial charge < -0.3 is 0 Å². The van der Waals surface area contributed by atoms with Crippen molar-refractivity contribution < 1.29 is 6.85 Å². The van der Waals surface area contributed by atoms with Crippen LogP contribution in [0.5, 0.6) is 0 Å². The zero-order valence-electron chi connectivity index (χ0n) is 30.3. The smallest absolute Gasteiger partial charge is 0.145 e. The molecule has 0 atom stereocenters. The van der Waals surface area contributed by atoms with Crippen LogP contribution < -0.4 is 0 Å². The Hall–Kier alpha value is -6.25. The molecule has 0 bridgehead atoms. The van der Waals surface area contributed by atoms with Gasteiger partial charge >= 0.3 is 0 Å². The van der Waals surface area contributed by atoms with Crippen LogP contribution in [0.3, 0.4) is 0 Å². The predicted octanol–water partition coefficient (Wildman–Crippen LogP) is 12.0. The van der Waals surface area contributed by atoms with E-state index in [2.05, 4.69) is 109 Å². The van der Waals surface area contributed by atoms with Crippen molar-refractivity contribution in [3.8, 4) is 50.5 Å². The van der Waals surface area contributed by atoms with Crippen molar-refractivity contribution in [2.75, 3.05) is 0 Å². The Kier molecular flexibility index (Phi) is 5.35. The van der Waals surface area contributed by atoms with Crippen LogP contribution in [-0.2, 0) is 0 Å². The average molecular weight is 604 g/mol. The fraction of sp³-hybridized carbons (Fsp3) is 0. The van der Waals surface area contributed by atoms with Crippen LogP contribution in [0, 0.1) is 0 Å². The normalized spacial score (nSPS) is 12.9. The van der Waals surface area contributed by atoms with Crippen LogP contribution in [0.2, 0.25) is 0 Å². The molecule has 0 radical (unpaired) electrons. The lowest BCUT2D eigenvalue weighted by Crippen LogP contribution is -1.98. The van der Waals surface area contributed by atoms with Crippen molar-refractivity contribution in [2.24, 2.45) is 0 Å². The molecule has 9 rings (SSSR count). The van der Waals surface area contributed by atoms with Gasteiger partial charge in [-0.15, -0.1) is 0 Å². The molecule has 2 nitrogen and oxygen atoms in total. The molecule has 0 saturated heterocycles. The Labute approximate surface area is 280 Å². The van der Waals surface area contributed by atoms with Crippen LogP contribution in [0.1, 0.15) is 6.85 Å². The van der Waals surface area contributed by atoms with Crippen molar-refractivity contribution in [3.63, 3.8) is 0 Å². The summed E-state index contributed by atoms with van der Waals surface area (Å²) in [5.74, 6) is 0.290. The number of para-hydroxylation sites is 2. The van der Waals surface area contributed by atoms with Gasteiger partial charge in [-0.3, -0.25) is 4.57 Å². The Morgan fingerprint density at radius 1 is 0.447 bits per heavy atom. The van der Waals surface area contributed by atoms with E-state index in [1.807, 2.05) is 47.0 Å². The zero-order chi connectivity index (χ0) is 35.5. The highest BCUT2D eigenvalue weighted by molar-refractivity contribution is 6.22. The number of fused-ring (bicyclic) bond motifs is 3. The minimum atomic E-state index is -0.433. The van der Waals surface area contributed by atoms with Gasteiger partial charge in [-0.25, -0.2) is 4.98 Å². The van der Waals surface area contributed by atoms with E-state index in [1.54, 1.807) is 0 Å². The van der Waals surface area contributed by atoms with Crippen molar-refractivity contribution >= 4 is 32.6 Å². The Balaban J connectivity index is 1.32. The lowest BCUT2D eigenvalue weighted by atomic mass is 9.84. The first-order valence-corrected chi connectivity index (χ1v) is 15.7. The van der Waals surface area contributed by atoms with Crippen LogP contribution in [0.4, 0.5) is 0 Å². The molecule has 0 spiro atoms. The highest BCUT2D eigenvalue weighted by Crippen LogP contribution is 2.46. The molecule has 2 heteroatoms. The molecule has 9 aromatic rings. The monoisotopic (exact) mass is 603 g/mol. The average Bonchev–Trinajstić information content (AvgIpc) is 3.58. The first kappa shape index (κ1) is 22.3. The van der Waals surface area contributed by atoms with Gasteiger partial charge in [0, 0.05) is 11.3 Å². The zero-order valence-corrected chi connectivity index (χ0v) is 25.3. The number of hydrogen-bond donors (Lipinski definition) is 0. The molecular weight excluding hydrogens is 569 g/mol. The minimum Gasteiger partial charge on any atom is -0.292 e. The van der Waals surface area contributed by atoms with Gasteiger partial charge in [0.1, 0.15) is 5.82 Å². The van der Waals surface area contributed by atoms with E-state index in [0.29, 0.717) is 5.52 Å². The van der Waals surface area contributed by atoms with Crippen LogP contribution in [0.15, 0.2) is 182 Å². The molecule has 1 heterocycles. The second-order valence-electron chi connectivity index (χ2n) is 11.6. The van der Waals surface area contributed by atoms with Crippen molar-refractivity contribution in [1.82, 2.24) is 9.55 Å². The van der Waals surface area contributed by atoms with Gasteiger partial charge in [0.15, 0.2) is 0 Å². The summed E-state index contributed by atoms with van der Waals surface area (Å²) in [4.78, 5) is 4.87. The number of benzene rings is 8. The third-order valence-corrected chi connectivity index (χ3v) is 8.89. The van der Waals surface area contributed by atoms with E-state index in [0.717, 1.165) is 55.0 Å². The largest absolute Gasteiger partial charge is 0.292 e.